The third-order valence-corrected chi connectivity index (χ3v) is 5.11. The maximum absolute atomic E-state index is 13.3. The maximum Gasteiger partial charge on any atom is 0.191 e. The van der Waals surface area contributed by atoms with E-state index >= 15 is 0 Å². The van der Waals surface area contributed by atoms with Crippen LogP contribution in [0.2, 0.25) is 0 Å². The lowest BCUT2D eigenvalue weighted by atomic mass is 9.96. The molecule has 0 atom stereocenters. The third kappa shape index (κ3) is 2.92. The summed E-state index contributed by atoms with van der Waals surface area (Å²) in [7, 11) is 0. The van der Waals surface area contributed by atoms with E-state index in [-0.39, 0.29) is 11.2 Å². The normalized spacial score (nSPS) is 21.9. The van der Waals surface area contributed by atoms with Crippen molar-refractivity contribution in [2.45, 2.75) is 18.3 Å². The molecule has 1 aromatic carbocycles. The number of nitrogens with two attached hydrogens (primary N) is 1. The summed E-state index contributed by atoms with van der Waals surface area (Å²) in [6, 6.07) is 6.90. The minimum Gasteiger partial charge on any atom is -0.370 e. The maximum atomic E-state index is 13.3. The van der Waals surface area contributed by atoms with Crippen molar-refractivity contribution in [3.8, 4) is 0 Å². The molecule has 0 radical (unpaired) electrons. The number of halogens is 1. The van der Waals surface area contributed by atoms with Crippen molar-refractivity contribution in [1.82, 2.24) is 4.90 Å². The summed E-state index contributed by atoms with van der Waals surface area (Å²) in [5.41, 5.74) is 7.17. The summed E-state index contributed by atoms with van der Waals surface area (Å²) in [4.78, 5) is 6.73. The van der Waals surface area contributed by atoms with Crippen LogP contribution in [0.1, 0.15) is 18.4 Å². The van der Waals surface area contributed by atoms with Gasteiger partial charge in [0.2, 0.25) is 0 Å². The second-order valence-corrected chi connectivity index (χ2v) is 6.79. The van der Waals surface area contributed by atoms with Crippen LogP contribution in [0.5, 0.6) is 0 Å². The SMILES string of the molecule is NC(=NCC1(c2cccc(F)c2)CC1)N1CCSCC1. The summed E-state index contributed by atoms with van der Waals surface area (Å²) >= 11 is 1.96. The summed E-state index contributed by atoms with van der Waals surface area (Å²) in [6.07, 6.45) is 2.15. The molecule has 20 heavy (non-hydrogen) atoms. The first-order valence-corrected chi connectivity index (χ1v) is 8.24. The van der Waals surface area contributed by atoms with Gasteiger partial charge in [-0.05, 0) is 30.5 Å². The van der Waals surface area contributed by atoms with Gasteiger partial charge >= 0.3 is 0 Å². The van der Waals surface area contributed by atoms with Gasteiger partial charge in [-0.25, -0.2) is 4.39 Å². The molecule has 5 heteroatoms. The lowest BCUT2D eigenvalue weighted by Crippen LogP contribution is -2.43. The highest BCUT2D eigenvalue weighted by Gasteiger charge is 2.44. The molecule has 0 unspecified atom stereocenters. The largest absolute Gasteiger partial charge is 0.370 e. The highest BCUT2D eigenvalue weighted by Crippen LogP contribution is 2.48. The first-order chi connectivity index (χ1) is 9.70. The van der Waals surface area contributed by atoms with E-state index in [2.05, 4.69) is 9.89 Å². The Morgan fingerprint density at radius 1 is 1.35 bits per heavy atom. The molecule has 0 spiro atoms. The van der Waals surface area contributed by atoms with E-state index in [1.807, 2.05) is 17.8 Å². The number of hydrogen-bond donors (Lipinski definition) is 1. The van der Waals surface area contributed by atoms with E-state index in [1.165, 1.54) is 6.07 Å². The number of aliphatic imine (C=N–C) groups is 1. The lowest BCUT2D eigenvalue weighted by molar-refractivity contribution is 0.454. The van der Waals surface area contributed by atoms with Crippen LogP contribution in [0.3, 0.4) is 0 Å². The van der Waals surface area contributed by atoms with Gasteiger partial charge in [-0.2, -0.15) is 11.8 Å². The molecule has 3 nitrogen and oxygen atoms in total. The fourth-order valence-corrected chi connectivity index (χ4v) is 3.54. The molecular formula is C15H20FN3S. The fraction of sp³-hybridized carbons (Fsp3) is 0.533. The van der Waals surface area contributed by atoms with Crippen molar-refractivity contribution < 1.29 is 4.39 Å². The molecule has 1 heterocycles. The zero-order valence-electron chi connectivity index (χ0n) is 11.5. The Morgan fingerprint density at radius 3 is 2.75 bits per heavy atom. The van der Waals surface area contributed by atoms with Gasteiger partial charge in [0.25, 0.3) is 0 Å². The zero-order chi connectivity index (χ0) is 14.0. The summed E-state index contributed by atoms with van der Waals surface area (Å²) in [6.45, 7) is 2.63. The van der Waals surface area contributed by atoms with Gasteiger partial charge < -0.3 is 10.6 Å². The van der Waals surface area contributed by atoms with Crippen LogP contribution in [-0.2, 0) is 5.41 Å². The molecule has 2 aliphatic rings. The Balaban J connectivity index is 1.68. The van der Waals surface area contributed by atoms with E-state index in [0.29, 0.717) is 12.5 Å². The molecule has 3 rings (SSSR count). The van der Waals surface area contributed by atoms with Gasteiger partial charge in [0.15, 0.2) is 5.96 Å². The Morgan fingerprint density at radius 2 is 2.10 bits per heavy atom. The van der Waals surface area contributed by atoms with Crippen molar-refractivity contribution in [1.29, 1.82) is 0 Å². The molecule has 1 aliphatic heterocycles. The first kappa shape index (κ1) is 13.7. The van der Waals surface area contributed by atoms with Crippen LogP contribution in [0, 0.1) is 5.82 Å². The van der Waals surface area contributed by atoms with Gasteiger partial charge in [0.05, 0.1) is 6.54 Å². The number of thioether (sulfide) groups is 1. The number of benzene rings is 1. The van der Waals surface area contributed by atoms with Gasteiger partial charge in [0, 0.05) is 30.0 Å². The van der Waals surface area contributed by atoms with E-state index in [4.69, 9.17) is 5.73 Å². The molecule has 1 saturated carbocycles. The van der Waals surface area contributed by atoms with Crippen molar-refractivity contribution in [3.05, 3.63) is 35.6 Å². The smallest absolute Gasteiger partial charge is 0.191 e. The molecule has 1 saturated heterocycles. The number of hydrogen-bond acceptors (Lipinski definition) is 2. The quantitative estimate of drug-likeness (QED) is 0.686. The molecule has 1 aliphatic carbocycles. The third-order valence-electron chi connectivity index (χ3n) is 4.17. The van der Waals surface area contributed by atoms with Crippen molar-refractivity contribution in [2.24, 2.45) is 10.7 Å². The number of rotatable bonds is 3. The van der Waals surface area contributed by atoms with Gasteiger partial charge in [-0.3, -0.25) is 4.99 Å². The molecule has 2 fully saturated rings. The number of nitrogens with zero attached hydrogens (tertiary/aromatic N) is 2. The minimum atomic E-state index is -0.168. The van der Waals surface area contributed by atoms with Gasteiger partial charge in [0.1, 0.15) is 5.82 Å². The molecule has 1 aromatic rings. The molecule has 108 valence electrons. The summed E-state index contributed by atoms with van der Waals surface area (Å²) in [5, 5.41) is 0. The Hall–Kier alpha value is -1.23. The molecule has 0 amide bonds. The van der Waals surface area contributed by atoms with Crippen LogP contribution < -0.4 is 5.73 Å². The highest BCUT2D eigenvalue weighted by molar-refractivity contribution is 7.99. The van der Waals surface area contributed by atoms with E-state index in [1.54, 1.807) is 12.1 Å². The highest BCUT2D eigenvalue weighted by atomic mass is 32.2. The molecule has 0 aromatic heterocycles. The predicted octanol–water partition coefficient (Wildman–Crippen LogP) is 2.22. The van der Waals surface area contributed by atoms with E-state index in [0.717, 1.165) is 43.0 Å². The fourth-order valence-electron chi connectivity index (χ4n) is 2.63. The predicted molar refractivity (Wildman–Crippen MR) is 82.7 cm³/mol. The Labute approximate surface area is 123 Å². The first-order valence-electron chi connectivity index (χ1n) is 7.08. The summed E-state index contributed by atoms with van der Waals surface area (Å²) in [5.74, 6) is 2.71. The average Bonchev–Trinajstić information content (AvgIpc) is 3.27. The van der Waals surface area contributed by atoms with Crippen molar-refractivity contribution >= 4 is 17.7 Å². The van der Waals surface area contributed by atoms with E-state index in [9.17, 15) is 4.39 Å². The van der Waals surface area contributed by atoms with Crippen molar-refractivity contribution in [3.63, 3.8) is 0 Å². The van der Waals surface area contributed by atoms with Crippen LogP contribution in [0.4, 0.5) is 4.39 Å². The van der Waals surface area contributed by atoms with Crippen LogP contribution in [0.25, 0.3) is 0 Å². The minimum absolute atomic E-state index is 0.0251. The lowest BCUT2D eigenvalue weighted by Gasteiger charge is -2.27. The molecule has 2 N–H and O–H groups in total. The molecular weight excluding hydrogens is 273 g/mol. The van der Waals surface area contributed by atoms with E-state index < -0.39 is 0 Å². The van der Waals surface area contributed by atoms with Crippen LogP contribution >= 0.6 is 11.8 Å². The Kier molecular flexibility index (Phi) is 3.87. The standard InChI is InChI=1S/C15H20FN3S/c16-13-3-1-2-12(10-13)15(4-5-15)11-18-14(17)19-6-8-20-9-7-19/h1-3,10H,4-9,11H2,(H2,17,18). The van der Waals surface area contributed by atoms with Crippen LogP contribution in [0.15, 0.2) is 29.3 Å². The van der Waals surface area contributed by atoms with Gasteiger partial charge in [-0.1, -0.05) is 12.1 Å². The summed E-state index contributed by atoms with van der Waals surface area (Å²) < 4.78 is 13.3. The topological polar surface area (TPSA) is 41.6 Å². The Bertz CT molecular complexity index is 508. The second-order valence-electron chi connectivity index (χ2n) is 5.56. The molecule has 0 bridgehead atoms. The number of guanidine groups is 1. The van der Waals surface area contributed by atoms with Crippen LogP contribution in [-0.4, -0.2) is 42.0 Å². The average molecular weight is 293 g/mol. The monoisotopic (exact) mass is 293 g/mol. The van der Waals surface area contributed by atoms with Crippen molar-refractivity contribution in [2.75, 3.05) is 31.1 Å². The van der Waals surface area contributed by atoms with Gasteiger partial charge in [-0.15, -0.1) is 0 Å². The zero-order valence-corrected chi connectivity index (χ0v) is 12.3. The second kappa shape index (κ2) is 5.64.